The smallest absolute Gasteiger partial charge is 0.212 e. The summed E-state index contributed by atoms with van der Waals surface area (Å²) in [5, 5.41) is 1.93. The molecule has 0 spiro atoms. The quantitative estimate of drug-likeness (QED) is 0.546. The van der Waals surface area contributed by atoms with Gasteiger partial charge in [-0.1, -0.05) is 12.1 Å². The van der Waals surface area contributed by atoms with Gasteiger partial charge >= 0.3 is 0 Å². The van der Waals surface area contributed by atoms with Crippen LogP contribution in [0.1, 0.15) is 4.88 Å². The molecule has 0 bridgehead atoms. The number of nitrogen functional groups attached to an aromatic ring is 1. The third-order valence-electron chi connectivity index (χ3n) is 2.62. The highest BCUT2D eigenvalue weighted by Crippen LogP contribution is 2.24. The Morgan fingerprint density at radius 1 is 1.33 bits per heavy atom. The Balaban J connectivity index is 1.80. The fourth-order valence-electron chi connectivity index (χ4n) is 1.57. The Morgan fingerprint density at radius 3 is 2.76 bits per heavy atom. The monoisotopic (exact) mass is 406 g/mol. The van der Waals surface area contributed by atoms with E-state index in [1.807, 2.05) is 35.7 Å². The molecule has 0 atom stereocenters. The second-order valence-corrected chi connectivity index (χ2v) is 9.23. The van der Waals surface area contributed by atoms with Crippen LogP contribution in [0.25, 0.3) is 0 Å². The molecule has 0 saturated heterocycles. The molecule has 0 saturated carbocycles. The largest absolute Gasteiger partial charge is 0.398 e. The first kappa shape index (κ1) is 16.8. The van der Waals surface area contributed by atoms with Crippen molar-refractivity contribution in [2.24, 2.45) is 0 Å². The topological polar surface area (TPSA) is 72.2 Å². The van der Waals surface area contributed by atoms with E-state index in [9.17, 15) is 8.42 Å². The third kappa shape index (κ3) is 5.63. The zero-order valence-electron chi connectivity index (χ0n) is 11.1. The van der Waals surface area contributed by atoms with Crippen LogP contribution in [0.4, 0.5) is 5.69 Å². The molecule has 1 aromatic heterocycles. The van der Waals surface area contributed by atoms with Crippen molar-refractivity contribution in [3.05, 3.63) is 45.1 Å². The first-order chi connectivity index (χ1) is 9.96. The lowest BCUT2D eigenvalue weighted by molar-refractivity contribution is 0.583. The molecule has 0 amide bonds. The van der Waals surface area contributed by atoms with Crippen molar-refractivity contribution in [3.63, 3.8) is 0 Å². The SMILES string of the molecule is Nc1ccccc1SCCS(=O)(=O)NCc1cc(Br)cs1. The Labute approximate surface area is 141 Å². The molecule has 2 aromatic rings. The van der Waals surface area contributed by atoms with Gasteiger partial charge in [-0.2, -0.15) is 0 Å². The molecular formula is C13H15BrN2O2S3. The van der Waals surface area contributed by atoms with E-state index >= 15 is 0 Å². The molecular weight excluding hydrogens is 392 g/mol. The molecule has 1 heterocycles. The fraction of sp³-hybridized carbons (Fsp3) is 0.231. The van der Waals surface area contributed by atoms with Crippen molar-refractivity contribution >= 4 is 54.7 Å². The summed E-state index contributed by atoms with van der Waals surface area (Å²) in [4.78, 5) is 1.89. The van der Waals surface area contributed by atoms with Crippen molar-refractivity contribution < 1.29 is 8.42 Å². The first-order valence-electron chi connectivity index (χ1n) is 6.14. The number of halogens is 1. The summed E-state index contributed by atoms with van der Waals surface area (Å²) in [5.74, 6) is 0.538. The van der Waals surface area contributed by atoms with Gasteiger partial charge in [-0.15, -0.1) is 23.1 Å². The predicted molar refractivity (Wildman–Crippen MR) is 94.2 cm³/mol. The van der Waals surface area contributed by atoms with Gasteiger partial charge in [0.1, 0.15) is 0 Å². The number of thiophene rings is 1. The molecule has 4 nitrogen and oxygen atoms in total. The molecule has 0 aliphatic rings. The van der Waals surface area contributed by atoms with Crippen LogP contribution in [0.15, 0.2) is 45.1 Å². The fourth-order valence-corrected chi connectivity index (χ4v) is 5.42. The van der Waals surface area contributed by atoms with Gasteiger partial charge in [-0.25, -0.2) is 13.1 Å². The number of sulfonamides is 1. The Kier molecular flexibility index (Phi) is 6.12. The van der Waals surface area contributed by atoms with Crippen LogP contribution in [0, 0.1) is 0 Å². The lowest BCUT2D eigenvalue weighted by Gasteiger charge is -2.07. The molecule has 0 radical (unpaired) electrons. The number of para-hydroxylation sites is 1. The van der Waals surface area contributed by atoms with E-state index in [-0.39, 0.29) is 5.75 Å². The Bertz CT molecular complexity index is 701. The van der Waals surface area contributed by atoms with Gasteiger partial charge < -0.3 is 5.73 Å². The number of anilines is 1. The molecule has 3 N–H and O–H groups in total. The average Bonchev–Trinajstić information content (AvgIpc) is 2.85. The van der Waals surface area contributed by atoms with Crippen LogP contribution in [-0.4, -0.2) is 19.9 Å². The summed E-state index contributed by atoms with van der Waals surface area (Å²) in [6.45, 7) is 0.330. The van der Waals surface area contributed by atoms with Gasteiger partial charge in [-0.3, -0.25) is 0 Å². The van der Waals surface area contributed by atoms with E-state index in [4.69, 9.17) is 5.73 Å². The molecule has 8 heteroatoms. The molecule has 0 fully saturated rings. The van der Waals surface area contributed by atoms with Gasteiger partial charge in [-0.05, 0) is 34.1 Å². The van der Waals surface area contributed by atoms with E-state index in [1.165, 1.54) is 23.1 Å². The number of thioether (sulfide) groups is 1. The zero-order chi connectivity index (χ0) is 15.3. The molecule has 0 aliphatic carbocycles. The first-order valence-corrected chi connectivity index (χ1v) is 10.4. The van der Waals surface area contributed by atoms with Crippen LogP contribution in [0.3, 0.4) is 0 Å². The van der Waals surface area contributed by atoms with E-state index < -0.39 is 10.0 Å². The van der Waals surface area contributed by atoms with Crippen LogP contribution in [0.2, 0.25) is 0 Å². The summed E-state index contributed by atoms with van der Waals surface area (Å²) in [7, 11) is -3.27. The maximum absolute atomic E-state index is 11.9. The van der Waals surface area contributed by atoms with E-state index in [1.54, 1.807) is 0 Å². The van der Waals surface area contributed by atoms with E-state index in [0.717, 1.165) is 14.2 Å². The van der Waals surface area contributed by atoms with Gasteiger partial charge in [0.05, 0.1) is 5.75 Å². The second-order valence-electron chi connectivity index (χ2n) is 4.26. The van der Waals surface area contributed by atoms with Crippen molar-refractivity contribution in [1.29, 1.82) is 0 Å². The number of hydrogen-bond acceptors (Lipinski definition) is 5. The van der Waals surface area contributed by atoms with Crippen LogP contribution in [0.5, 0.6) is 0 Å². The number of nitrogens with one attached hydrogen (secondary N) is 1. The standard InChI is InChI=1S/C13H15BrN2O2S3/c14-10-7-11(20-9-10)8-16-21(17,18)6-5-19-13-4-2-1-3-12(13)15/h1-4,7,9,16H,5-6,8,15H2. The van der Waals surface area contributed by atoms with Crippen molar-refractivity contribution in [2.45, 2.75) is 11.4 Å². The third-order valence-corrected chi connectivity index (χ3v) is 6.99. The Morgan fingerprint density at radius 2 is 2.10 bits per heavy atom. The number of benzene rings is 1. The molecule has 0 aliphatic heterocycles. The van der Waals surface area contributed by atoms with Gasteiger partial charge in [0, 0.05) is 37.6 Å². The van der Waals surface area contributed by atoms with Crippen LogP contribution < -0.4 is 10.5 Å². The molecule has 21 heavy (non-hydrogen) atoms. The van der Waals surface area contributed by atoms with Crippen molar-refractivity contribution in [3.8, 4) is 0 Å². The molecule has 2 rings (SSSR count). The molecule has 0 unspecified atom stereocenters. The summed E-state index contributed by atoms with van der Waals surface area (Å²) in [6, 6.07) is 9.36. The van der Waals surface area contributed by atoms with E-state index in [2.05, 4.69) is 20.7 Å². The summed E-state index contributed by atoms with van der Waals surface area (Å²) in [6.07, 6.45) is 0. The lowest BCUT2D eigenvalue weighted by Crippen LogP contribution is -2.26. The highest BCUT2D eigenvalue weighted by molar-refractivity contribution is 9.10. The normalized spacial score (nSPS) is 11.7. The Hall–Kier alpha value is -0.540. The molecule has 1 aromatic carbocycles. The van der Waals surface area contributed by atoms with E-state index in [0.29, 0.717) is 18.0 Å². The van der Waals surface area contributed by atoms with Crippen LogP contribution in [-0.2, 0) is 16.6 Å². The van der Waals surface area contributed by atoms with Gasteiger partial charge in [0.15, 0.2) is 0 Å². The van der Waals surface area contributed by atoms with Crippen LogP contribution >= 0.6 is 39.0 Å². The number of rotatable bonds is 7. The number of hydrogen-bond donors (Lipinski definition) is 2. The molecule has 114 valence electrons. The maximum Gasteiger partial charge on any atom is 0.212 e. The van der Waals surface area contributed by atoms with Crippen molar-refractivity contribution in [2.75, 3.05) is 17.2 Å². The second kappa shape index (κ2) is 7.64. The van der Waals surface area contributed by atoms with Gasteiger partial charge in [0.2, 0.25) is 10.0 Å². The lowest BCUT2D eigenvalue weighted by atomic mass is 10.3. The summed E-state index contributed by atoms with van der Waals surface area (Å²) >= 11 is 6.31. The minimum Gasteiger partial charge on any atom is -0.398 e. The average molecular weight is 407 g/mol. The van der Waals surface area contributed by atoms with Crippen molar-refractivity contribution in [1.82, 2.24) is 4.72 Å². The number of nitrogens with two attached hydrogens (primary N) is 1. The summed E-state index contributed by atoms with van der Waals surface area (Å²) in [5.41, 5.74) is 6.50. The predicted octanol–water partition coefficient (Wildman–Crippen LogP) is 3.30. The highest BCUT2D eigenvalue weighted by Gasteiger charge is 2.11. The minimum atomic E-state index is -3.27. The highest BCUT2D eigenvalue weighted by atomic mass is 79.9. The maximum atomic E-state index is 11.9. The van der Waals surface area contributed by atoms with Gasteiger partial charge in [0.25, 0.3) is 0 Å². The zero-order valence-corrected chi connectivity index (χ0v) is 15.1. The minimum absolute atomic E-state index is 0.0680. The summed E-state index contributed by atoms with van der Waals surface area (Å²) < 4.78 is 27.4.